The van der Waals surface area contributed by atoms with Crippen molar-refractivity contribution in [2.24, 2.45) is 0 Å². The molecule has 0 spiro atoms. The van der Waals surface area contributed by atoms with Crippen molar-refractivity contribution < 1.29 is 17.9 Å². The molecule has 1 aromatic heterocycles. The minimum absolute atomic E-state index is 0.163. The second kappa shape index (κ2) is 9.36. The summed E-state index contributed by atoms with van der Waals surface area (Å²) in [4.78, 5) is 14.9. The van der Waals surface area contributed by atoms with Crippen molar-refractivity contribution in [2.45, 2.75) is 18.7 Å². The van der Waals surface area contributed by atoms with Crippen molar-refractivity contribution in [3.63, 3.8) is 0 Å². The Bertz CT molecular complexity index is 1500. The van der Waals surface area contributed by atoms with Crippen LogP contribution in [0.2, 0.25) is 10.0 Å². The lowest BCUT2D eigenvalue weighted by Gasteiger charge is -2.26. The average molecular weight is 546 g/mol. The minimum Gasteiger partial charge on any atom is -0.379 e. The van der Waals surface area contributed by atoms with Crippen LogP contribution in [-0.2, 0) is 19.6 Å². The van der Waals surface area contributed by atoms with Gasteiger partial charge in [0.1, 0.15) is 0 Å². The summed E-state index contributed by atoms with van der Waals surface area (Å²) in [5, 5.41) is 1.06. The van der Waals surface area contributed by atoms with Crippen LogP contribution < -0.4 is 4.90 Å². The molecule has 3 aromatic rings. The van der Waals surface area contributed by atoms with E-state index in [0.717, 1.165) is 22.6 Å². The number of anilines is 1. The van der Waals surface area contributed by atoms with Gasteiger partial charge in [0.25, 0.3) is 5.91 Å². The number of aromatic nitrogens is 1. The summed E-state index contributed by atoms with van der Waals surface area (Å²) >= 11 is 12.5. The molecule has 2 aliphatic heterocycles. The van der Waals surface area contributed by atoms with Gasteiger partial charge in [-0.05, 0) is 68.0 Å². The highest BCUT2D eigenvalue weighted by Gasteiger charge is 2.33. The second-order valence-corrected chi connectivity index (χ2v) is 11.7. The number of amides is 1. The molecule has 0 bridgehead atoms. The maximum absolute atomic E-state index is 13.3. The maximum atomic E-state index is 13.3. The van der Waals surface area contributed by atoms with Crippen LogP contribution in [0.1, 0.15) is 22.5 Å². The van der Waals surface area contributed by atoms with E-state index in [1.54, 1.807) is 36.2 Å². The minimum atomic E-state index is -3.70. The van der Waals surface area contributed by atoms with Crippen LogP contribution in [0, 0.1) is 13.8 Å². The molecule has 188 valence electrons. The van der Waals surface area contributed by atoms with E-state index in [2.05, 4.69) is 0 Å². The summed E-state index contributed by atoms with van der Waals surface area (Å²) in [6.07, 6.45) is 1.82. The summed E-state index contributed by atoms with van der Waals surface area (Å²) in [6, 6.07) is 12.2. The first-order valence-electron chi connectivity index (χ1n) is 11.5. The normalized spacial score (nSPS) is 17.8. The zero-order chi connectivity index (χ0) is 25.8. The van der Waals surface area contributed by atoms with Crippen molar-refractivity contribution in [3.8, 4) is 5.69 Å². The summed E-state index contributed by atoms with van der Waals surface area (Å²) in [5.41, 5.74) is 5.21. The van der Waals surface area contributed by atoms with Crippen molar-refractivity contribution in [1.29, 1.82) is 0 Å². The van der Waals surface area contributed by atoms with Gasteiger partial charge < -0.3 is 14.2 Å². The van der Waals surface area contributed by atoms with Crippen molar-refractivity contribution in [2.75, 3.05) is 38.3 Å². The number of hydrogen-bond acceptors (Lipinski definition) is 4. The van der Waals surface area contributed by atoms with Gasteiger partial charge >= 0.3 is 0 Å². The van der Waals surface area contributed by atoms with Crippen LogP contribution in [0.15, 0.2) is 47.4 Å². The van der Waals surface area contributed by atoms with Gasteiger partial charge in [0.2, 0.25) is 10.0 Å². The Labute approximate surface area is 220 Å². The van der Waals surface area contributed by atoms with E-state index in [4.69, 9.17) is 27.9 Å². The summed E-state index contributed by atoms with van der Waals surface area (Å²) in [5.74, 6) is -0.193. The number of halogens is 2. The fraction of sp³-hybridized carbons (Fsp3) is 0.269. The first-order chi connectivity index (χ1) is 17.1. The molecule has 3 heterocycles. The molecule has 1 amide bonds. The van der Waals surface area contributed by atoms with Crippen LogP contribution >= 0.6 is 23.2 Å². The number of benzene rings is 2. The summed E-state index contributed by atoms with van der Waals surface area (Å²) in [7, 11) is -2.01. The van der Waals surface area contributed by atoms with Gasteiger partial charge in [0, 0.05) is 58.4 Å². The van der Waals surface area contributed by atoms with E-state index in [1.807, 2.05) is 42.7 Å². The molecule has 0 radical (unpaired) electrons. The highest BCUT2D eigenvalue weighted by molar-refractivity contribution is 7.89. The molecular formula is C26H25Cl2N3O4S. The quantitative estimate of drug-likeness (QED) is 0.435. The Kier molecular flexibility index (Phi) is 6.51. The lowest BCUT2D eigenvalue weighted by molar-refractivity contribution is -0.112. The Hall–Kier alpha value is -2.62. The number of aryl methyl sites for hydroxylation is 1. The SMILES string of the molecule is Cc1cc(C=C2C(=O)N(C)c3ccc(S(=O)(=O)N4CCOCC4)cc32)c(C)n1-c1cc(Cl)cc(Cl)c1. The molecule has 0 aliphatic carbocycles. The number of carbonyl (C=O) groups excluding carboxylic acids is 1. The average Bonchev–Trinajstić information content (AvgIpc) is 3.25. The number of rotatable bonds is 4. The Morgan fingerprint density at radius 2 is 1.64 bits per heavy atom. The molecule has 0 N–H and O–H groups in total. The van der Waals surface area contributed by atoms with Crippen LogP contribution in [0.5, 0.6) is 0 Å². The number of carbonyl (C=O) groups is 1. The van der Waals surface area contributed by atoms with Crippen LogP contribution in [0.25, 0.3) is 17.3 Å². The fourth-order valence-corrected chi connectivity index (χ4v) is 6.77. The Morgan fingerprint density at radius 1 is 0.972 bits per heavy atom. The summed E-state index contributed by atoms with van der Waals surface area (Å²) < 4.78 is 35.3. The van der Waals surface area contributed by atoms with Gasteiger partial charge in [-0.25, -0.2) is 8.42 Å². The lowest BCUT2D eigenvalue weighted by atomic mass is 10.0. The van der Waals surface area contributed by atoms with Crippen LogP contribution in [0.4, 0.5) is 5.69 Å². The van der Waals surface area contributed by atoms with Gasteiger partial charge in [-0.15, -0.1) is 0 Å². The molecule has 5 rings (SSSR count). The smallest absolute Gasteiger partial charge is 0.258 e. The third kappa shape index (κ3) is 4.27. The van der Waals surface area contributed by atoms with E-state index in [-0.39, 0.29) is 10.8 Å². The molecular weight excluding hydrogens is 521 g/mol. The Morgan fingerprint density at radius 3 is 2.31 bits per heavy atom. The maximum Gasteiger partial charge on any atom is 0.258 e. The third-order valence-electron chi connectivity index (χ3n) is 6.64. The first-order valence-corrected chi connectivity index (χ1v) is 13.6. The number of likely N-dealkylation sites (N-methyl/N-ethyl adjacent to an activating group) is 1. The second-order valence-electron chi connectivity index (χ2n) is 8.91. The number of nitrogens with zero attached hydrogens (tertiary/aromatic N) is 3. The molecule has 10 heteroatoms. The highest BCUT2D eigenvalue weighted by Crippen LogP contribution is 2.39. The first kappa shape index (κ1) is 25.0. The van der Waals surface area contributed by atoms with E-state index in [0.29, 0.717) is 53.2 Å². The topological polar surface area (TPSA) is 71.8 Å². The molecule has 2 aromatic carbocycles. The molecule has 36 heavy (non-hydrogen) atoms. The fourth-order valence-electron chi connectivity index (χ4n) is 4.82. The van der Waals surface area contributed by atoms with Crippen molar-refractivity contribution >= 4 is 56.5 Å². The number of morpholine rings is 1. The van der Waals surface area contributed by atoms with Gasteiger partial charge in [-0.3, -0.25) is 4.79 Å². The van der Waals surface area contributed by atoms with E-state index >= 15 is 0 Å². The van der Waals surface area contributed by atoms with Crippen LogP contribution in [0.3, 0.4) is 0 Å². The Balaban J connectivity index is 1.59. The zero-order valence-corrected chi connectivity index (χ0v) is 22.4. The molecule has 1 saturated heterocycles. The highest BCUT2D eigenvalue weighted by atomic mass is 35.5. The van der Waals surface area contributed by atoms with Gasteiger partial charge in [0.15, 0.2) is 0 Å². The molecule has 0 saturated carbocycles. The van der Waals surface area contributed by atoms with Gasteiger partial charge in [0.05, 0.1) is 23.8 Å². The monoisotopic (exact) mass is 545 g/mol. The van der Waals surface area contributed by atoms with Crippen LogP contribution in [-0.4, -0.2) is 56.5 Å². The molecule has 0 atom stereocenters. The third-order valence-corrected chi connectivity index (χ3v) is 8.97. The van der Waals surface area contributed by atoms with Gasteiger partial charge in [-0.2, -0.15) is 4.31 Å². The number of hydrogen-bond donors (Lipinski definition) is 0. The molecule has 7 nitrogen and oxygen atoms in total. The predicted molar refractivity (Wildman–Crippen MR) is 143 cm³/mol. The van der Waals surface area contributed by atoms with E-state index in [1.165, 1.54) is 4.31 Å². The van der Waals surface area contributed by atoms with E-state index < -0.39 is 10.0 Å². The zero-order valence-electron chi connectivity index (χ0n) is 20.1. The number of fused-ring (bicyclic) bond motifs is 1. The largest absolute Gasteiger partial charge is 0.379 e. The number of sulfonamides is 1. The molecule has 1 fully saturated rings. The van der Waals surface area contributed by atoms with Gasteiger partial charge in [-0.1, -0.05) is 23.2 Å². The number of ether oxygens (including phenoxy) is 1. The molecule has 2 aliphatic rings. The lowest BCUT2D eigenvalue weighted by Crippen LogP contribution is -2.40. The summed E-state index contributed by atoms with van der Waals surface area (Å²) in [6.45, 7) is 5.26. The molecule has 0 unspecified atom stereocenters. The van der Waals surface area contributed by atoms with Crippen molar-refractivity contribution in [1.82, 2.24) is 8.87 Å². The van der Waals surface area contributed by atoms with E-state index in [9.17, 15) is 13.2 Å². The standard InChI is InChI=1S/C26H25Cl2N3O4S/c1-16-10-18(17(2)31(16)21-13-19(27)12-20(28)14-21)11-24-23-15-22(4-5-25(23)29(3)26(24)32)36(33,34)30-6-8-35-9-7-30/h4-5,10-15H,6-9H2,1-3H3. The van der Waals surface area contributed by atoms with Crippen molar-refractivity contribution in [3.05, 3.63) is 75.0 Å². The predicted octanol–water partition coefficient (Wildman–Crippen LogP) is 4.94.